The van der Waals surface area contributed by atoms with E-state index in [0.717, 1.165) is 37.2 Å². The van der Waals surface area contributed by atoms with Crippen LogP contribution in [-0.2, 0) is 11.2 Å². The van der Waals surface area contributed by atoms with Gasteiger partial charge in [-0.2, -0.15) is 0 Å². The minimum Gasteiger partial charge on any atom is -0.545 e. The number of amides is 1. The van der Waals surface area contributed by atoms with Gasteiger partial charge in [-0.1, -0.05) is 6.92 Å². The largest absolute Gasteiger partial charge is 0.545 e. The van der Waals surface area contributed by atoms with Crippen LogP contribution in [0.4, 0.5) is 5.00 Å². The lowest BCUT2D eigenvalue weighted by Crippen LogP contribution is -3.11. The molecule has 1 amide bonds. The quantitative estimate of drug-likeness (QED) is 0.749. The minimum atomic E-state index is -1.24. The highest BCUT2D eigenvalue weighted by Gasteiger charge is 2.20. The molecular weight excluding hydrogens is 264 g/mol. The Morgan fingerprint density at radius 1 is 1.42 bits per heavy atom. The van der Waals surface area contributed by atoms with Gasteiger partial charge in [-0.15, -0.1) is 11.3 Å². The molecular formula is C13H18N2O3S. The number of nitrogens with one attached hydrogen (secondary N) is 2. The van der Waals surface area contributed by atoms with Gasteiger partial charge in [-0.3, -0.25) is 4.79 Å². The second-order valence-electron chi connectivity index (χ2n) is 4.78. The normalized spacial score (nSPS) is 15.6. The summed E-state index contributed by atoms with van der Waals surface area (Å²) < 4.78 is 0. The van der Waals surface area contributed by atoms with Crippen molar-refractivity contribution in [3.8, 4) is 0 Å². The number of thiophene rings is 1. The maximum absolute atomic E-state index is 11.9. The van der Waals surface area contributed by atoms with Gasteiger partial charge in [0.25, 0.3) is 5.91 Å². The Morgan fingerprint density at radius 2 is 2.11 bits per heavy atom. The fourth-order valence-electron chi connectivity index (χ4n) is 2.31. The average Bonchev–Trinajstić information content (AvgIpc) is 2.98. The van der Waals surface area contributed by atoms with Crippen LogP contribution in [0.5, 0.6) is 0 Å². The summed E-state index contributed by atoms with van der Waals surface area (Å²) in [7, 11) is 0. The summed E-state index contributed by atoms with van der Waals surface area (Å²) in [5.41, 5.74) is 0.0895. The molecule has 0 saturated carbocycles. The fraction of sp³-hybridized carbons (Fsp3) is 0.538. The van der Waals surface area contributed by atoms with E-state index in [0.29, 0.717) is 11.5 Å². The number of quaternary nitrogens is 1. The van der Waals surface area contributed by atoms with Gasteiger partial charge in [-0.25, -0.2) is 0 Å². The number of hydrogen-bond donors (Lipinski definition) is 2. The highest BCUT2D eigenvalue weighted by Crippen LogP contribution is 2.27. The Balaban J connectivity index is 2.02. The van der Waals surface area contributed by atoms with E-state index in [1.165, 1.54) is 16.2 Å². The maximum atomic E-state index is 11.9. The van der Waals surface area contributed by atoms with Gasteiger partial charge in [0.05, 0.1) is 19.1 Å². The molecule has 0 unspecified atom stereocenters. The molecule has 0 radical (unpaired) electrons. The Bertz CT molecular complexity index is 478. The first-order valence-electron chi connectivity index (χ1n) is 6.57. The fourth-order valence-corrected chi connectivity index (χ4v) is 3.31. The molecule has 1 saturated heterocycles. The third kappa shape index (κ3) is 3.54. The third-order valence-corrected chi connectivity index (χ3v) is 4.52. The number of hydrogen-bond acceptors (Lipinski definition) is 4. The first-order chi connectivity index (χ1) is 9.10. The number of carboxylic acids is 1. The summed E-state index contributed by atoms with van der Waals surface area (Å²) >= 11 is 1.31. The van der Waals surface area contributed by atoms with Crippen molar-refractivity contribution in [3.63, 3.8) is 0 Å². The second kappa shape index (κ2) is 6.16. The van der Waals surface area contributed by atoms with E-state index in [9.17, 15) is 14.7 Å². The lowest BCUT2D eigenvalue weighted by Gasteiger charge is -2.12. The summed E-state index contributed by atoms with van der Waals surface area (Å²) in [5, 5.41) is 14.1. The van der Waals surface area contributed by atoms with Crippen LogP contribution in [0, 0.1) is 0 Å². The van der Waals surface area contributed by atoms with E-state index in [-0.39, 0.29) is 11.5 Å². The van der Waals surface area contributed by atoms with Crippen molar-refractivity contribution in [1.82, 2.24) is 0 Å². The van der Waals surface area contributed by atoms with E-state index in [2.05, 4.69) is 5.32 Å². The summed E-state index contributed by atoms with van der Waals surface area (Å²) in [6.45, 7) is 4.40. The van der Waals surface area contributed by atoms with Gasteiger partial charge >= 0.3 is 0 Å². The predicted molar refractivity (Wildman–Crippen MR) is 71.5 cm³/mol. The third-order valence-electron chi connectivity index (χ3n) is 3.33. The van der Waals surface area contributed by atoms with E-state index in [1.54, 1.807) is 6.07 Å². The molecule has 104 valence electrons. The van der Waals surface area contributed by atoms with Crippen molar-refractivity contribution in [2.24, 2.45) is 0 Å². The molecule has 1 aliphatic rings. The molecule has 2 heterocycles. The van der Waals surface area contributed by atoms with Crippen molar-refractivity contribution >= 4 is 28.2 Å². The SMILES string of the molecule is CCc1cc(C(=O)[O-])c(NC(=O)C[NH+]2CCCC2)s1. The molecule has 0 aliphatic carbocycles. The number of aryl methyl sites for hydroxylation is 1. The van der Waals surface area contributed by atoms with Crippen molar-refractivity contribution in [2.45, 2.75) is 26.2 Å². The monoisotopic (exact) mass is 282 g/mol. The molecule has 0 spiro atoms. The van der Waals surface area contributed by atoms with Crippen LogP contribution in [0.2, 0.25) is 0 Å². The number of carbonyl (C=O) groups is 2. The van der Waals surface area contributed by atoms with Gasteiger partial charge in [-0.05, 0) is 12.5 Å². The number of anilines is 1. The molecule has 6 heteroatoms. The minimum absolute atomic E-state index is 0.0895. The van der Waals surface area contributed by atoms with Crippen molar-refractivity contribution < 1.29 is 19.6 Å². The number of likely N-dealkylation sites (tertiary alicyclic amines) is 1. The Hall–Kier alpha value is -1.40. The standard InChI is InChI=1S/C13H18N2O3S/c1-2-9-7-10(13(17)18)12(19-9)14-11(16)8-15-5-3-4-6-15/h7H,2-6,8H2,1H3,(H,14,16)(H,17,18). The maximum Gasteiger partial charge on any atom is 0.280 e. The zero-order chi connectivity index (χ0) is 13.8. The summed E-state index contributed by atoms with van der Waals surface area (Å²) in [5.74, 6) is -1.36. The van der Waals surface area contributed by atoms with Crippen LogP contribution >= 0.6 is 11.3 Å². The van der Waals surface area contributed by atoms with Crippen LogP contribution in [0.25, 0.3) is 0 Å². The zero-order valence-corrected chi connectivity index (χ0v) is 11.8. The Morgan fingerprint density at radius 3 is 2.68 bits per heavy atom. The molecule has 5 nitrogen and oxygen atoms in total. The zero-order valence-electron chi connectivity index (χ0n) is 11.0. The highest BCUT2D eigenvalue weighted by molar-refractivity contribution is 7.16. The van der Waals surface area contributed by atoms with Crippen LogP contribution in [0.1, 0.15) is 35.0 Å². The van der Waals surface area contributed by atoms with E-state index >= 15 is 0 Å². The Kier molecular flexibility index (Phi) is 4.55. The summed E-state index contributed by atoms with van der Waals surface area (Å²) in [4.78, 5) is 25.1. The van der Waals surface area contributed by atoms with Gasteiger partial charge in [0, 0.05) is 23.3 Å². The first-order valence-corrected chi connectivity index (χ1v) is 7.39. The van der Waals surface area contributed by atoms with Gasteiger partial charge < -0.3 is 20.1 Å². The lowest BCUT2D eigenvalue weighted by molar-refractivity contribution is -0.878. The molecule has 0 bridgehead atoms. The number of carbonyl (C=O) groups excluding carboxylic acids is 2. The molecule has 2 rings (SSSR count). The molecule has 1 aliphatic heterocycles. The topological polar surface area (TPSA) is 73.7 Å². The van der Waals surface area contributed by atoms with Crippen LogP contribution in [0.3, 0.4) is 0 Å². The van der Waals surface area contributed by atoms with Gasteiger partial charge in [0.15, 0.2) is 6.54 Å². The van der Waals surface area contributed by atoms with Gasteiger partial charge in [0.1, 0.15) is 5.00 Å². The highest BCUT2D eigenvalue weighted by atomic mass is 32.1. The average molecular weight is 282 g/mol. The summed E-state index contributed by atoms with van der Waals surface area (Å²) in [6, 6.07) is 1.58. The number of carboxylic acid groups (broad SMARTS) is 1. The molecule has 19 heavy (non-hydrogen) atoms. The van der Waals surface area contributed by atoms with Crippen LogP contribution in [0.15, 0.2) is 6.07 Å². The molecule has 1 aromatic heterocycles. The first kappa shape index (κ1) is 14.0. The van der Waals surface area contributed by atoms with Crippen LogP contribution in [-0.4, -0.2) is 31.5 Å². The number of rotatable bonds is 5. The molecule has 2 N–H and O–H groups in total. The molecule has 0 atom stereocenters. The molecule has 1 aromatic rings. The van der Waals surface area contributed by atoms with Crippen LogP contribution < -0.4 is 15.3 Å². The van der Waals surface area contributed by atoms with Crippen molar-refractivity contribution in [3.05, 3.63) is 16.5 Å². The smallest absolute Gasteiger partial charge is 0.280 e. The molecule has 0 aromatic carbocycles. The van der Waals surface area contributed by atoms with E-state index in [1.807, 2.05) is 6.92 Å². The van der Waals surface area contributed by atoms with E-state index in [4.69, 9.17) is 0 Å². The second-order valence-corrected chi connectivity index (χ2v) is 5.92. The predicted octanol–water partition coefficient (Wildman–Crippen LogP) is -0.709. The van der Waals surface area contributed by atoms with Crippen molar-refractivity contribution in [2.75, 3.05) is 25.0 Å². The van der Waals surface area contributed by atoms with Gasteiger partial charge in [0.2, 0.25) is 0 Å². The van der Waals surface area contributed by atoms with E-state index < -0.39 is 5.97 Å². The number of aromatic carboxylic acids is 1. The van der Waals surface area contributed by atoms with Crippen molar-refractivity contribution in [1.29, 1.82) is 0 Å². The lowest BCUT2D eigenvalue weighted by atomic mass is 10.2. The molecule has 1 fully saturated rings. The Labute approximate surface area is 116 Å². The summed E-state index contributed by atoms with van der Waals surface area (Å²) in [6.07, 6.45) is 3.07.